The van der Waals surface area contributed by atoms with E-state index in [9.17, 15) is 9.59 Å². The van der Waals surface area contributed by atoms with Gasteiger partial charge in [0.15, 0.2) is 0 Å². The Labute approximate surface area is 123 Å². The Bertz CT molecular complexity index is 626. The highest BCUT2D eigenvalue weighted by Gasteiger charge is 2.11. The summed E-state index contributed by atoms with van der Waals surface area (Å²) in [6.07, 6.45) is 4.41. The van der Waals surface area contributed by atoms with Gasteiger partial charge in [0.05, 0.1) is 12.0 Å². The number of aromatic nitrogens is 1. The summed E-state index contributed by atoms with van der Waals surface area (Å²) in [6.45, 7) is 0. The molecule has 0 saturated carbocycles. The average molecular weight is 282 g/mol. The van der Waals surface area contributed by atoms with E-state index in [0.717, 1.165) is 12.0 Å². The number of benzene rings is 1. The molecule has 1 heterocycles. The zero-order valence-corrected chi connectivity index (χ0v) is 11.5. The van der Waals surface area contributed by atoms with Crippen molar-refractivity contribution in [2.45, 2.75) is 12.8 Å². The van der Waals surface area contributed by atoms with Crippen LogP contribution >= 0.6 is 0 Å². The van der Waals surface area contributed by atoms with Gasteiger partial charge < -0.3 is 11.1 Å². The number of hydrogen-bond acceptors (Lipinski definition) is 3. The number of nitrogens with two attached hydrogens (primary N) is 1. The minimum Gasteiger partial charge on any atom is -0.365 e. The molecule has 0 spiro atoms. The third kappa shape index (κ3) is 4.42. The zero-order valence-electron chi connectivity index (χ0n) is 11.5. The fraction of sp³-hybridized carbons (Fsp3) is 0.125. The van der Waals surface area contributed by atoms with Crippen LogP contribution in [0.3, 0.4) is 0 Å². The summed E-state index contributed by atoms with van der Waals surface area (Å²) >= 11 is 0. The number of carbonyl (C=O) groups is 2. The third-order valence-corrected chi connectivity index (χ3v) is 2.92. The van der Waals surface area contributed by atoms with E-state index in [4.69, 9.17) is 5.73 Å². The van der Waals surface area contributed by atoms with Gasteiger partial charge in [-0.25, -0.2) is 4.98 Å². The summed E-state index contributed by atoms with van der Waals surface area (Å²) in [7, 11) is 0. The number of aryl methyl sites for hydroxylation is 1. The highest BCUT2D eigenvalue weighted by atomic mass is 16.2. The smallest absolute Gasteiger partial charge is 0.252 e. The van der Waals surface area contributed by atoms with Crippen LogP contribution < -0.4 is 11.1 Å². The first-order valence-electron chi connectivity index (χ1n) is 6.60. The maximum absolute atomic E-state index is 11.8. The molecule has 0 aliphatic carbocycles. The molecule has 3 N–H and O–H groups in total. The Morgan fingerprint density at radius 3 is 2.62 bits per heavy atom. The van der Waals surface area contributed by atoms with Crippen molar-refractivity contribution in [1.29, 1.82) is 0 Å². The molecule has 2 rings (SSSR count). The number of primary amides is 1. The minimum atomic E-state index is -0.623. The van der Waals surface area contributed by atoms with Crippen molar-refractivity contribution in [1.82, 2.24) is 4.98 Å². The Kier molecular flexibility index (Phi) is 5.04. The molecule has 0 aliphatic rings. The molecule has 2 amide bonds. The molecule has 5 heteroatoms. The first-order chi connectivity index (χ1) is 10.2. The normalized spacial score (nSPS) is 10.1. The summed E-state index contributed by atoms with van der Waals surface area (Å²) in [5, 5.41) is 2.57. The molecule has 21 heavy (non-hydrogen) atoms. The molecule has 1 aromatic carbocycles. The maximum Gasteiger partial charge on any atom is 0.252 e. The lowest BCUT2D eigenvalue weighted by Crippen LogP contribution is -2.19. The van der Waals surface area contributed by atoms with Gasteiger partial charge in [-0.2, -0.15) is 0 Å². The number of hydrogen-bond donors (Lipinski definition) is 2. The molecule has 0 saturated heterocycles. The molecule has 0 aliphatic heterocycles. The van der Waals surface area contributed by atoms with Gasteiger partial charge in [0, 0.05) is 6.20 Å². The summed E-state index contributed by atoms with van der Waals surface area (Å²) in [5.41, 5.74) is 6.59. The summed E-state index contributed by atoms with van der Waals surface area (Å²) in [4.78, 5) is 27.0. The second-order valence-electron chi connectivity index (χ2n) is 4.48. The van der Waals surface area contributed by atoms with Crippen molar-refractivity contribution in [2.24, 2.45) is 5.73 Å². The van der Waals surface area contributed by atoms with Crippen molar-refractivity contribution in [2.75, 3.05) is 5.32 Å². The number of amides is 2. The van der Waals surface area contributed by atoms with Crippen LogP contribution in [-0.2, 0) is 11.2 Å². The first-order valence-corrected chi connectivity index (χ1v) is 6.60. The van der Waals surface area contributed by atoms with Gasteiger partial charge in [0.2, 0.25) is 5.91 Å². The molecular formula is C16H16N3O2. The van der Waals surface area contributed by atoms with E-state index < -0.39 is 5.91 Å². The Hall–Kier alpha value is -2.69. The van der Waals surface area contributed by atoms with E-state index in [1.807, 2.05) is 30.3 Å². The Balaban J connectivity index is 1.86. The standard InChI is InChI=1S/C16H16N3O2/c17-15(21)13-9-5-11-18-16(13)19-14(20)10-4-8-12-6-2-1-3-7-12/h1-3,5-7,9-11H,4,8H2,(H2,17,21)(H,18,19,20). The molecule has 5 nitrogen and oxygen atoms in total. The molecule has 0 atom stereocenters. The van der Waals surface area contributed by atoms with Crippen LogP contribution in [0.5, 0.6) is 0 Å². The topological polar surface area (TPSA) is 85.1 Å². The third-order valence-electron chi connectivity index (χ3n) is 2.92. The van der Waals surface area contributed by atoms with Crippen molar-refractivity contribution in [3.05, 3.63) is 66.2 Å². The highest BCUT2D eigenvalue weighted by molar-refractivity contribution is 6.03. The lowest BCUT2D eigenvalue weighted by atomic mass is 10.1. The molecule has 1 aromatic heterocycles. The van der Waals surface area contributed by atoms with Crippen molar-refractivity contribution >= 4 is 17.6 Å². The van der Waals surface area contributed by atoms with Crippen LogP contribution in [0.2, 0.25) is 0 Å². The van der Waals surface area contributed by atoms with Crippen LogP contribution in [0.25, 0.3) is 0 Å². The monoisotopic (exact) mass is 282 g/mol. The van der Waals surface area contributed by atoms with Crippen LogP contribution in [0.1, 0.15) is 22.3 Å². The maximum atomic E-state index is 11.8. The Morgan fingerprint density at radius 1 is 1.14 bits per heavy atom. The lowest BCUT2D eigenvalue weighted by molar-refractivity contribution is -0.113. The number of nitrogens with zero attached hydrogens (tertiary/aromatic N) is 1. The van der Waals surface area contributed by atoms with E-state index in [-0.39, 0.29) is 17.3 Å². The molecule has 0 bridgehead atoms. The van der Waals surface area contributed by atoms with Gasteiger partial charge in [-0.15, -0.1) is 0 Å². The second-order valence-corrected chi connectivity index (χ2v) is 4.48. The van der Waals surface area contributed by atoms with Crippen LogP contribution in [-0.4, -0.2) is 16.8 Å². The number of pyridine rings is 1. The molecular weight excluding hydrogens is 266 g/mol. The van der Waals surface area contributed by atoms with E-state index in [1.165, 1.54) is 18.7 Å². The lowest BCUT2D eigenvalue weighted by Gasteiger charge is -2.07. The predicted molar refractivity (Wildman–Crippen MR) is 80.4 cm³/mol. The number of nitrogens with one attached hydrogen (secondary N) is 1. The van der Waals surface area contributed by atoms with Crippen molar-refractivity contribution in [3.8, 4) is 0 Å². The van der Waals surface area contributed by atoms with Gasteiger partial charge in [-0.1, -0.05) is 30.3 Å². The summed E-state index contributed by atoms with van der Waals surface area (Å²) in [6, 6.07) is 13.0. The Morgan fingerprint density at radius 2 is 1.90 bits per heavy atom. The average Bonchev–Trinajstić information content (AvgIpc) is 2.48. The fourth-order valence-electron chi connectivity index (χ4n) is 1.89. The van der Waals surface area contributed by atoms with E-state index in [1.54, 1.807) is 6.07 Å². The fourth-order valence-corrected chi connectivity index (χ4v) is 1.89. The molecule has 107 valence electrons. The highest BCUT2D eigenvalue weighted by Crippen LogP contribution is 2.11. The molecule has 1 radical (unpaired) electrons. The molecule has 0 unspecified atom stereocenters. The quantitative estimate of drug-likeness (QED) is 0.849. The second kappa shape index (κ2) is 7.19. The van der Waals surface area contributed by atoms with E-state index >= 15 is 0 Å². The van der Waals surface area contributed by atoms with Gasteiger partial charge in [0.25, 0.3) is 5.91 Å². The van der Waals surface area contributed by atoms with E-state index in [0.29, 0.717) is 6.42 Å². The van der Waals surface area contributed by atoms with Crippen LogP contribution in [0, 0.1) is 6.42 Å². The minimum absolute atomic E-state index is 0.186. The molecule has 0 fully saturated rings. The largest absolute Gasteiger partial charge is 0.365 e. The number of rotatable bonds is 6. The summed E-state index contributed by atoms with van der Waals surface area (Å²) in [5.74, 6) is -0.735. The van der Waals surface area contributed by atoms with Crippen LogP contribution in [0.15, 0.2) is 48.7 Å². The van der Waals surface area contributed by atoms with Crippen molar-refractivity contribution < 1.29 is 9.59 Å². The van der Waals surface area contributed by atoms with Crippen LogP contribution in [0.4, 0.5) is 5.82 Å². The molecule has 2 aromatic rings. The van der Waals surface area contributed by atoms with Crippen molar-refractivity contribution in [3.63, 3.8) is 0 Å². The predicted octanol–water partition coefficient (Wildman–Crippen LogP) is 1.96. The van der Waals surface area contributed by atoms with Gasteiger partial charge in [-0.3, -0.25) is 9.59 Å². The van der Waals surface area contributed by atoms with Gasteiger partial charge in [-0.05, 0) is 30.5 Å². The first kappa shape index (κ1) is 14.7. The number of carbonyl (C=O) groups excluding carboxylic acids is 2. The summed E-state index contributed by atoms with van der Waals surface area (Å²) < 4.78 is 0. The van der Waals surface area contributed by atoms with E-state index in [2.05, 4.69) is 10.3 Å². The number of anilines is 1. The van der Waals surface area contributed by atoms with Gasteiger partial charge >= 0.3 is 0 Å². The van der Waals surface area contributed by atoms with Gasteiger partial charge in [0.1, 0.15) is 5.82 Å². The zero-order chi connectivity index (χ0) is 15.1. The SMILES string of the molecule is NC(=O)c1cccnc1NC(=O)[CH]CCc1ccccc1.